The predicted octanol–water partition coefficient (Wildman–Crippen LogP) is 2.14. The van der Waals surface area contributed by atoms with Gasteiger partial charge in [0.25, 0.3) is 0 Å². The van der Waals surface area contributed by atoms with Crippen molar-refractivity contribution in [2.75, 3.05) is 26.2 Å². The molecule has 1 heterocycles. The molecule has 1 spiro atoms. The van der Waals surface area contributed by atoms with Gasteiger partial charge in [-0.25, -0.2) is 4.99 Å². The highest BCUT2D eigenvalue weighted by Crippen LogP contribution is 2.47. The van der Waals surface area contributed by atoms with E-state index in [-0.39, 0.29) is 12.5 Å². The van der Waals surface area contributed by atoms with E-state index in [2.05, 4.69) is 27.4 Å². The zero-order valence-electron chi connectivity index (χ0n) is 14.6. The Balaban J connectivity index is 1.51. The minimum Gasteiger partial charge on any atom is -0.357 e. The molecule has 1 aromatic carbocycles. The Bertz CT molecular complexity index is 580. The van der Waals surface area contributed by atoms with Crippen LogP contribution in [0.15, 0.2) is 35.3 Å². The number of nitrogens with zero attached hydrogens (tertiary/aromatic N) is 2. The molecule has 1 aromatic rings. The molecule has 1 saturated carbocycles. The van der Waals surface area contributed by atoms with Crippen LogP contribution in [0.3, 0.4) is 0 Å². The maximum Gasteiger partial charge on any atom is 0.242 e. The molecule has 24 heavy (non-hydrogen) atoms. The minimum absolute atomic E-state index is 0.0354. The van der Waals surface area contributed by atoms with Crippen molar-refractivity contribution >= 4 is 11.9 Å². The standard InChI is InChI=1S/C19H28N4O/c1-2-20-18(23-12-11-19(15-23)9-6-10-19)22-14-17(24)21-13-16-7-4-3-5-8-16/h3-5,7-8H,2,6,9-15H2,1H3,(H,20,22)(H,21,24). The second-order valence-corrected chi connectivity index (χ2v) is 6.96. The number of benzene rings is 1. The van der Waals surface area contributed by atoms with Gasteiger partial charge in [0.15, 0.2) is 5.96 Å². The molecule has 5 nitrogen and oxygen atoms in total. The number of aliphatic imine (C=N–C) groups is 1. The van der Waals surface area contributed by atoms with Gasteiger partial charge in [-0.3, -0.25) is 4.79 Å². The summed E-state index contributed by atoms with van der Waals surface area (Å²) in [5.41, 5.74) is 1.64. The fourth-order valence-electron chi connectivity index (χ4n) is 3.63. The highest BCUT2D eigenvalue weighted by molar-refractivity contribution is 5.85. The molecule has 0 bridgehead atoms. The number of amides is 1. The van der Waals surface area contributed by atoms with Gasteiger partial charge >= 0.3 is 0 Å². The van der Waals surface area contributed by atoms with Crippen molar-refractivity contribution in [1.82, 2.24) is 15.5 Å². The summed E-state index contributed by atoms with van der Waals surface area (Å²) in [4.78, 5) is 18.9. The molecule has 0 aromatic heterocycles. The van der Waals surface area contributed by atoms with E-state index in [0.717, 1.165) is 31.2 Å². The third-order valence-corrected chi connectivity index (χ3v) is 5.19. The van der Waals surface area contributed by atoms with Gasteiger partial charge in [0, 0.05) is 26.2 Å². The molecular weight excluding hydrogens is 300 g/mol. The van der Waals surface area contributed by atoms with Gasteiger partial charge in [-0.2, -0.15) is 0 Å². The first-order chi connectivity index (χ1) is 11.7. The van der Waals surface area contributed by atoms with Crippen LogP contribution in [-0.2, 0) is 11.3 Å². The van der Waals surface area contributed by atoms with E-state index in [4.69, 9.17) is 0 Å². The summed E-state index contributed by atoms with van der Waals surface area (Å²) < 4.78 is 0. The number of carbonyl (C=O) groups excluding carboxylic acids is 1. The number of hydrogen-bond acceptors (Lipinski definition) is 2. The lowest BCUT2D eigenvalue weighted by atomic mass is 9.68. The zero-order valence-corrected chi connectivity index (χ0v) is 14.6. The van der Waals surface area contributed by atoms with E-state index >= 15 is 0 Å². The average Bonchev–Trinajstić information content (AvgIpc) is 3.03. The predicted molar refractivity (Wildman–Crippen MR) is 96.7 cm³/mol. The number of guanidine groups is 1. The quantitative estimate of drug-likeness (QED) is 0.643. The Morgan fingerprint density at radius 1 is 1.21 bits per heavy atom. The molecule has 2 aliphatic rings. The lowest BCUT2D eigenvalue weighted by Crippen LogP contribution is -2.43. The van der Waals surface area contributed by atoms with Gasteiger partial charge in [0.2, 0.25) is 5.91 Å². The topological polar surface area (TPSA) is 56.7 Å². The van der Waals surface area contributed by atoms with E-state index in [9.17, 15) is 4.79 Å². The van der Waals surface area contributed by atoms with Gasteiger partial charge in [-0.05, 0) is 37.2 Å². The molecule has 1 saturated heterocycles. The van der Waals surface area contributed by atoms with Crippen LogP contribution in [0.2, 0.25) is 0 Å². The van der Waals surface area contributed by atoms with Crippen molar-refractivity contribution in [2.45, 2.75) is 39.2 Å². The number of rotatable bonds is 5. The summed E-state index contributed by atoms with van der Waals surface area (Å²) in [5.74, 6) is 0.850. The summed E-state index contributed by atoms with van der Waals surface area (Å²) >= 11 is 0. The van der Waals surface area contributed by atoms with Gasteiger partial charge < -0.3 is 15.5 Å². The summed E-state index contributed by atoms with van der Waals surface area (Å²) in [5, 5.41) is 6.27. The Kier molecular flexibility index (Phi) is 5.38. The average molecular weight is 328 g/mol. The fourth-order valence-corrected chi connectivity index (χ4v) is 3.63. The molecule has 0 atom stereocenters. The van der Waals surface area contributed by atoms with Crippen LogP contribution < -0.4 is 10.6 Å². The van der Waals surface area contributed by atoms with Crippen molar-refractivity contribution in [3.8, 4) is 0 Å². The summed E-state index contributed by atoms with van der Waals surface area (Å²) in [7, 11) is 0. The molecule has 2 fully saturated rings. The highest BCUT2D eigenvalue weighted by Gasteiger charge is 2.43. The maximum atomic E-state index is 12.1. The van der Waals surface area contributed by atoms with Crippen molar-refractivity contribution in [3.05, 3.63) is 35.9 Å². The lowest BCUT2D eigenvalue weighted by molar-refractivity contribution is -0.119. The highest BCUT2D eigenvalue weighted by atomic mass is 16.1. The van der Waals surface area contributed by atoms with Crippen LogP contribution >= 0.6 is 0 Å². The van der Waals surface area contributed by atoms with Crippen molar-refractivity contribution < 1.29 is 4.79 Å². The Morgan fingerprint density at radius 2 is 2.00 bits per heavy atom. The molecule has 5 heteroatoms. The molecule has 1 aliphatic heterocycles. The van der Waals surface area contributed by atoms with Crippen LogP contribution in [0.4, 0.5) is 0 Å². The number of hydrogen-bond donors (Lipinski definition) is 2. The van der Waals surface area contributed by atoms with Crippen LogP contribution in [0.25, 0.3) is 0 Å². The first kappa shape index (κ1) is 16.8. The third-order valence-electron chi connectivity index (χ3n) is 5.19. The lowest BCUT2D eigenvalue weighted by Gasteiger charge is -2.38. The van der Waals surface area contributed by atoms with Gasteiger partial charge in [-0.1, -0.05) is 36.8 Å². The van der Waals surface area contributed by atoms with Gasteiger partial charge in [0.1, 0.15) is 6.54 Å². The smallest absolute Gasteiger partial charge is 0.242 e. The second kappa shape index (κ2) is 7.69. The van der Waals surface area contributed by atoms with E-state index in [1.165, 1.54) is 25.7 Å². The van der Waals surface area contributed by atoms with Crippen LogP contribution in [0, 0.1) is 5.41 Å². The summed E-state index contributed by atoms with van der Waals surface area (Å²) in [6, 6.07) is 9.95. The van der Waals surface area contributed by atoms with E-state index in [1.807, 2.05) is 30.3 Å². The van der Waals surface area contributed by atoms with Crippen LogP contribution in [0.1, 0.15) is 38.2 Å². The molecule has 3 rings (SSSR count). The third kappa shape index (κ3) is 4.08. The second-order valence-electron chi connectivity index (χ2n) is 6.96. The fraction of sp³-hybridized carbons (Fsp3) is 0.579. The Labute approximate surface area is 144 Å². The number of likely N-dealkylation sites (tertiary alicyclic amines) is 1. The van der Waals surface area contributed by atoms with E-state index in [0.29, 0.717) is 12.0 Å². The summed E-state index contributed by atoms with van der Waals surface area (Å²) in [6.45, 7) is 5.77. The molecule has 1 aliphatic carbocycles. The SMILES string of the molecule is CCNC(=NCC(=O)NCc1ccccc1)N1CCC2(CCC2)C1. The van der Waals surface area contributed by atoms with Gasteiger partial charge in [0.05, 0.1) is 0 Å². The van der Waals surface area contributed by atoms with Gasteiger partial charge in [-0.15, -0.1) is 0 Å². The van der Waals surface area contributed by atoms with Crippen LogP contribution in [-0.4, -0.2) is 42.9 Å². The molecule has 1 amide bonds. The molecule has 0 radical (unpaired) electrons. The molecule has 0 unspecified atom stereocenters. The maximum absolute atomic E-state index is 12.1. The van der Waals surface area contributed by atoms with Crippen molar-refractivity contribution in [2.24, 2.45) is 10.4 Å². The number of nitrogens with one attached hydrogen (secondary N) is 2. The normalized spacial score (nSPS) is 19.2. The monoisotopic (exact) mass is 328 g/mol. The van der Waals surface area contributed by atoms with Crippen LogP contribution in [0.5, 0.6) is 0 Å². The Hall–Kier alpha value is -2.04. The Morgan fingerprint density at radius 3 is 2.62 bits per heavy atom. The van der Waals surface area contributed by atoms with E-state index < -0.39 is 0 Å². The number of carbonyl (C=O) groups is 1. The molecular formula is C19H28N4O. The first-order valence-corrected chi connectivity index (χ1v) is 9.05. The van der Waals surface area contributed by atoms with E-state index in [1.54, 1.807) is 0 Å². The zero-order chi connectivity index (χ0) is 16.8. The summed E-state index contributed by atoms with van der Waals surface area (Å²) in [6.07, 6.45) is 5.32. The largest absolute Gasteiger partial charge is 0.357 e. The van der Waals surface area contributed by atoms with Crippen molar-refractivity contribution in [1.29, 1.82) is 0 Å². The molecule has 2 N–H and O–H groups in total. The van der Waals surface area contributed by atoms with Crippen molar-refractivity contribution in [3.63, 3.8) is 0 Å². The molecule has 130 valence electrons. The first-order valence-electron chi connectivity index (χ1n) is 9.05. The minimum atomic E-state index is -0.0354.